The molecule has 0 radical (unpaired) electrons. The number of anilines is 2. The lowest BCUT2D eigenvalue weighted by Gasteiger charge is -2.03. The van der Waals surface area contributed by atoms with Gasteiger partial charge in [-0.3, -0.25) is 5.10 Å². The number of carbonyl (C=O) groups excluding carboxylic acids is 1. The molecule has 1 aromatic carbocycles. The molecule has 0 aliphatic rings. The van der Waals surface area contributed by atoms with Gasteiger partial charge in [0.2, 0.25) is 0 Å². The summed E-state index contributed by atoms with van der Waals surface area (Å²) in [7, 11) is 0. The minimum Gasteiger partial charge on any atom is -0.323 e. The number of nitrogens with zero attached hydrogens (tertiary/aromatic N) is 4. The highest BCUT2D eigenvalue weighted by Crippen LogP contribution is 2.29. The highest BCUT2D eigenvalue weighted by molar-refractivity contribution is 7.99. The maximum Gasteiger partial charge on any atom is 0.379 e. The molecule has 130 valence electrons. The van der Waals surface area contributed by atoms with Crippen molar-refractivity contribution >= 4 is 34.9 Å². The van der Waals surface area contributed by atoms with Crippen molar-refractivity contribution in [3.05, 3.63) is 60.6 Å². The van der Waals surface area contributed by atoms with Gasteiger partial charge in [0, 0.05) is 21.7 Å². The Hall–Kier alpha value is -3.40. The fourth-order valence-corrected chi connectivity index (χ4v) is 3.20. The second-order valence-electron chi connectivity index (χ2n) is 5.19. The Morgan fingerprint density at radius 1 is 1.27 bits per heavy atom. The molecule has 3 aromatic heterocycles. The molecule has 0 saturated carbocycles. The van der Waals surface area contributed by atoms with Crippen LogP contribution in [0.4, 0.5) is 16.2 Å². The number of hydrogen-bond donors (Lipinski definition) is 2. The Morgan fingerprint density at radius 2 is 2.19 bits per heavy atom. The van der Waals surface area contributed by atoms with Gasteiger partial charge in [-0.2, -0.15) is 10.2 Å². The van der Waals surface area contributed by atoms with E-state index in [1.54, 1.807) is 22.7 Å². The minimum absolute atomic E-state index is 0.128. The number of fused-ring (bicyclic) bond motifs is 1. The van der Waals surface area contributed by atoms with Crippen LogP contribution in [-0.2, 0) is 4.94 Å². The normalized spacial score (nSPS) is 10.8. The zero-order valence-corrected chi connectivity index (χ0v) is 13.9. The van der Waals surface area contributed by atoms with Crippen LogP contribution in [0.2, 0.25) is 0 Å². The number of carbonyl (C=O) groups is 1. The van der Waals surface area contributed by atoms with E-state index < -0.39 is 5.97 Å². The van der Waals surface area contributed by atoms with Gasteiger partial charge in [0.1, 0.15) is 22.7 Å². The molecule has 10 heteroatoms. The molecule has 0 aliphatic heterocycles. The number of aromatic amines is 1. The van der Waals surface area contributed by atoms with Crippen LogP contribution in [0.25, 0.3) is 5.52 Å². The summed E-state index contributed by atoms with van der Waals surface area (Å²) in [6.07, 6.45) is 3.28. The largest absolute Gasteiger partial charge is 0.379 e. The zero-order chi connectivity index (χ0) is 17.9. The second-order valence-corrected chi connectivity index (χ2v) is 6.28. The lowest BCUT2D eigenvalue weighted by Crippen LogP contribution is -1.99. The summed E-state index contributed by atoms with van der Waals surface area (Å²) in [6.45, 7) is 0. The monoisotopic (exact) mass is 370 g/mol. The Bertz CT molecular complexity index is 1080. The van der Waals surface area contributed by atoms with Crippen molar-refractivity contribution in [1.29, 1.82) is 0 Å². The predicted molar refractivity (Wildman–Crippen MR) is 91.9 cm³/mol. The van der Waals surface area contributed by atoms with Crippen molar-refractivity contribution in [2.24, 2.45) is 0 Å². The van der Waals surface area contributed by atoms with E-state index in [1.807, 2.05) is 18.3 Å². The number of nitrogens with one attached hydrogen (secondary N) is 2. The standard InChI is InChI=1S/C16H11FN6O2S/c17-25-16(24)10-3-1-4-11(7-10)26-14-8-13(21-22-14)20-15-12-5-2-6-23(12)19-9-18-15/h1-9H,(H2,18,19,20,21,22). The van der Waals surface area contributed by atoms with E-state index in [1.165, 1.54) is 30.2 Å². The first-order valence-electron chi connectivity index (χ1n) is 7.44. The first kappa shape index (κ1) is 16.1. The number of H-pyrrole nitrogens is 1. The van der Waals surface area contributed by atoms with E-state index in [0.29, 0.717) is 16.7 Å². The predicted octanol–water partition coefficient (Wildman–Crippen LogP) is 3.39. The van der Waals surface area contributed by atoms with Gasteiger partial charge < -0.3 is 5.32 Å². The van der Waals surface area contributed by atoms with Gasteiger partial charge in [-0.1, -0.05) is 17.8 Å². The molecular formula is C16H11FN6O2S. The van der Waals surface area contributed by atoms with Crippen molar-refractivity contribution in [3.8, 4) is 0 Å². The molecular weight excluding hydrogens is 359 g/mol. The average molecular weight is 370 g/mol. The third kappa shape index (κ3) is 3.22. The number of rotatable bonds is 5. The van der Waals surface area contributed by atoms with Crippen molar-refractivity contribution in [3.63, 3.8) is 0 Å². The molecule has 4 aromatic rings. The number of aromatic nitrogens is 5. The minimum atomic E-state index is -1.03. The molecule has 0 atom stereocenters. The molecule has 0 unspecified atom stereocenters. The molecule has 4 rings (SSSR count). The van der Waals surface area contributed by atoms with Crippen LogP contribution in [0, 0.1) is 0 Å². The molecule has 0 spiro atoms. The summed E-state index contributed by atoms with van der Waals surface area (Å²) < 4.78 is 13.7. The van der Waals surface area contributed by atoms with E-state index >= 15 is 0 Å². The molecule has 0 bridgehead atoms. The Morgan fingerprint density at radius 3 is 3.08 bits per heavy atom. The van der Waals surface area contributed by atoms with Gasteiger partial charge in [0.05, 0.1) is 5.56 Å². The lowest BCUT2D eigenvalue weighted by atomic mass is 10.2. The summed E-state index contributed by atoms with van der Waals surface area (Å²) >= 11 is 1.32. The number of halogens is 1. The average Bonchev–Trinajstić information content (AvgIpc) is 3.31. The molecule has 0 amide bonds. The molecule has 0 fully saturated rings. The Kier molecular flexibility index (Phi) is 4.23. The molecule has 0 saturated heterocycles. The van der Waals surface area contributed by atoms with E-state index in [2.05, 4.69) is 30.5 Å². The first-order valence-corrected chi connectivity index (χ1v) is 8.26. The fourth-order valence-electron chi connectivity index (χ4n) is 2.36. The van der Waals surface area contributed by atoms with Gasteiger partial charge in [0.15, 0.2) is 5.82 Å². The molecule has 0 aliphatic carbocycles. The van der Waals surface area contributed by atoms with E-state index in [-0.39, 0.29) is 5.56 Å². The topological polar surface area (TPSA) is 97.2 Å². The highest BCUT2D eigenvalue weighted by Gasteiger charge is 2.11. The van der Waals surface area contributed by atoms with Crippen LogP contribution in [-0.4, -0.2) is 30.8 Å². The number of hydrogen-bond acceptors (Lipinski definition) is 7. The van der Waals surface area contributed by atoms with Gasteiger partial charge in [-0.15, -0.1) is 0 Å². The van der Waals surface area contributed by atoms with E-state index in [9.17, 15) is 9.32 Å². The molecule has 26 heavy (non-hydrogen) atoms. The summed E-state index contributed by atoms with van der Waals surface area (Å²) in [5, 5.41) is 15.0. The summed E-state index contributed by atoms with van der Waals surface area (Å²) in [4.78, 5) is 19.5. The van der Waals surface area contributed by atoms with Crippen LogP contribution < -0.4 is 5.32 Å². The van der Waals surface area contributed by atoms with Gasteiger partial charge in [-0.05, 0) is 30.3 Å². The van der Waals surface area contributed by atoms with Gasteiger partial charge in [0.25, 0.3) is 0 Å². The Balaban J connectivity index is 1.52. The lowest BCUT2D eigenvalue weighted by molar-refractivity contribution is -0.0788. The van der Waals surface area contributed by atoms with Crippen molar-refractivity contribution < 1.29 is 14.3 Å². The quantitative estimate of drug-likeness (QED) is 0.556. The van der Waals surface area contributed by atoms with Crippen molar-refractivity contribution in [1.82, 2.24) is 24.8 Å². The maximum atomic E-state index is 12.0. The highest BCUT2D eigenvalue weighted by atomic mass is 32.2. The van der Waals surface area contributed by atoms with E-state index in [0.717, 1.165) is 10.4 Å². The second kappa shape index (κ2) is 6.84. The smallest absolute Gasteiger partial charge is 0.323 e. The number of benzene rings is 1. The molecule has 8 nitrogen and oxygen atoms in total. The SMILES string of the molecule is O=C(OF)c1cccc(Sc2cc(Nc3ncnn4cccc34)[nH]n2)c1. The van der Waals surface area contributed by atoms with Gasteiger partial charge in [-0.25, -0.2) is 19.2 Å². The zero-order valence-electron chi connectivity index (χ0n) is 13.1. The third-order valence-electron chi connectivity index (χ3n) is 3.50. The fraction of sp³-hybridized carbons (Fsp3) is 0. The van der Waals surface area contributed by atoms with Crippen molar-refractivity contribution in [2.75, 3.05) is 5.32 Å². The molecule has 3 heterocycles. The van der Waals surface area contributed by atoms with Crippen LogP contribution in [0.3, 0.4) is 0 Å². The van der Waals surface area contributed by atoms with Crippen LogP contribution in [0.5, 0.6) is 0 Å². The summed E-state index contributed by atoms with van der Waals surface area (Å²) in [5.74, 6) is 0.253. The maximum absolute atomic E-state index is 12.0. The van der Waals surface area contributed by atoms with Crippen LogP contribution in [0.15, 0.2) is 64.9 Å². The van der Waals surface area contributed by atoms with Crippen LogP contribution in [0.1, 0.15) is 10.4 Å². The van der Waals surface area contributed by atoms with Crippen molar-refractivity contribution in [2.45, 2.75) is 9.92 Å². The van der Waals surface area contributed by atoms with Crippen LogP contribution >= 0.6 is 11.8 Å². The first-order chi connectivity index (χ1) is 12.7. The van der Waals surface area contributed by atoms with Gasteiger partial charge >= 0.3 is 5.97 Å². The third-order valence-corrected chi connectivity index (χ3v) is 4.41. The Labute approximate surface area is 150 Å². The summed E-state index contributed by atoms with van der Waals surface area (Å²) in [5.41, 5.74) is 0.955. The summed E-state index contributed by atoms with van der Waals surface area (Å²) in [6, 6.07) is 12.0. The molecule has 2 N–H and O–H groups in total. The van der Waals surface area contributed by atoms with E-state index in [4.69, 9.17) is 0 Å².